The average molecular weight is 292 g/mol. The summed E-state index contributed by atoms with van der Waals surface area (Å²) in [7, 11) is 0. The van der Waals surface area contributed by atoms with Gasteiger partial charge in [-0.05, 0) is 56.8 Å². The first kappa shape index (κ1) is 14.3. The smallest absolute Gasteiger partial charge is 0.228 e. The summed E-state index contributed by atoms with van der Waals surface area (Å²) in [6, 6.07) is 4.22. The molecule has 3 rings (SSSR count). The molecule has 2 N–H and O–H groups in total. The molecule has 2 fully saturated rings. The van der Waals surface area contributed by atoms with E-state index in [-0.39, 0.29) is 23.1 Å². The van der Waals surface area contributed by atoms with E-state index in [0.717, 1.165) is 32.4 Å². The third-order valence-corrected chi connectivity index (χ3v) is 4.61. The van der Waals surface area contributed by atoms with Crippen molar-refractivity contribution in [1.82, 2.24) is 5.32 Å². The predicted molar refractivity (Wildman–Crippen MR) is 78.8 cm³/mol. The Morgan fingerprint density at radius 1 is 1.48 bits per heavy atom. The number of amides is 1. The molecule has 1 amide bonds. The maximum absolute atomic E-state index is 13.3. The monoisotopic (exact) mass is 292 g/mol. The van der Waals surface area contributed by atoms with Gasteiger partial charge in [0.15, 0.2) is 0 Å². The molecule has 1 atom stereocenters. The molecule has 0 radical (unpaired) electrons. The van der Waals surface area contributed by atoms with Crippen LogP contribution in [0.4, 0.5) is 10.1 Å². The van der Waals surface area contributed by atoms with Crippen LogP contribution in [0.15, 0.2) is 18.2 Å². The molecule has 114 valence electrons. The lowest BCUT2D eigenvalue weighted by Gasteiger charge is -2.23. The Morgan fingerprint density at radius 3 is 2.95 bits per heavy atom. The summed E-state index contributed by atoms with van der Waals surface area (Å²) in [6.45, 7) is 4.25. The van der Waals surface area contributed by atoms with Gasteiger partial charge in [-0.2, -0.15) is 0 Å². The van der Waals surface area contributed by atoms with Crippen LogP contribution in [0.3, 0.4) is 0 Å². The molecule has 1 heterocycles. The number of halogens is 1. The van der Waals surface area contributed by atoms with E-state index in [2.05, 4.69) is 10.6 Å². The molecule has 2 aliphatic rings. The molecule has 1 spiro atoms. The number of carbonyl (C=O) groups is 1. The van der Waals surface area contributed by atoms with Crippen LogP contribution in [-0.4, -0.2) is 25.6 Å². The highest BCUT2D eigenvalue weighted by Crippen LogP contribution is 2.58. The maximum Gasteiger partial charge on any atom is 0.228 e. The molecule has 0 bridgehead atoms. The number of rotatable bonds is 4. The fraction of sp³-hybridized carbons (Fsp3) is 0.562. The Hall–Kier alpha value is -1.62. The number of anilines is 1. The minimum absolute atomic E-state index is 0.0319. The van der Waals surface area contributed by atoms with Crippen LogP contribution < -0.4 is 15.4 Å². The maximum atomic E-state index is 13.3. The van der Waals surface area contributed by atoms with Gasteiger partial charge in [0, 0.05) is 12.0 Å². The van der Waals surface area contributed by atoms with Crippen molar-refractivity contribution in [3.63, 3.8) is 0 Å². The van der Waals surface area contributed by atoms with Crippen molar-refractivity contribution in [2.24, 2.45) is 11.3 Å². The van der Waals surface area contributed by atoms with Crippen molar-refractivity contribution in [1.29, 1.82) is 0 Å². The number of hydrogen-bond acceptors (Lipinski definition) is 3. The lowest BCUT2D eigenvalue weighted by Crippen LogP contribution is -2.31. The first-order chi connectivity index (χ1) is 10.1. The van der Waals surface area contributed by atoms with Gasteiger partial charge in [0.05, 0.1) is 12.3 Å². The molecule has 5 heteroatoms. The summed E-state index contributed by atoms with van der Waals surface area (Å²) in [5.74, 6) is 0.146. The minimum atomic E-state index is -0.363. The second-order valence-corrected chi connectivity index (χ2v) is 5.93. The van der Waals surface area contributed by atoms with Gasteiger partial charge in [-0.25, -0.2) is 4.39 Å². The Morgan fingerprint density at radius 2 is 2.24 bits per heavy atom. The zero-order valence-corrected chi connectivity index (χ0v) is 12.2. The molecule has 1 aliphatic heterocycles. The summed E-state index contributed by atoms with van der Waals surface area (Å²) in [5, 5.41) is 6.23. The van der Waals surface area contributed by atoms with Crippen molar-refractivity contribution in [3.8, 4) is 5.75 Å². The summed E-state index contributed by atoms with van der Waals surface area (Å²) in [4.78, 5) is 12.4. The van der Waals surface area contributed by atoms with E-state index >= 15 is 0 Å². The lowest BCUT2D eigenvalue weighted by atomic mass is 9.92. The van der Waals surface area contributed by atoms with E-state index in [9.17, 15) is 9.18 Å². The molecular weight excluding hydrogens is 271 g/mol. The Bertz CT molecular complexity index is 541. The zero-order chi connectivity index (χ0) is 14.9. The number of piperidine rings is 1. The van der Waals surface area contributed by atoms with E-state index in [4.69, 9.17) is 4.74 Å². The van der Waals surface area contributed by atoms with E-state index in [1.165, 1.54) is 12.1 Å². The molecule has 4 nitrogen and oxygen atoms in total. The van der Waals surface area contributed by atoms with Gasteiger partial charge in [0.1, 0.15) is 11.6 Å². The minimum Gasteiger partial charge on any atom is -0.492 e. The molecule has 0 aromatic heterocycles. The van der Waals surface area contributed by atoms with Crippen molar-refractivity contribution < 1.29 is 13.9 Å². The van der Waals surface area contributed by atoms with Gasteiger partial charge in [-0.15, -0.1) is 0 Å². The topological polar surface area (TPSA) is 50.4 Å². The first-order valence-corrected chi connectivity index (χ1v) is 7.58. The van der Waals surface area contributed by atoms with Gasteiger partial charge < -0.3 is 15.4 Å². The van der Waals surface area contributed by atoms with Crippen LogP contribution in [0.5, 0.6) is 5.75 Å². The standard InChI is InChI=1S/C16H21FN2O2/c1-2-21-14-9-11(17)3-4-13(14)19-15(20)12-10-16(12)5-7-18-8-6-16/h3-4,9,12,18H,2,5-8,10H2,1H3,(H,19,20). The largest absolute Gasteiger partial charge is 0.492 e. The van der Waals surface area contributed by atoms with Crippen molar-refractivity contribution in [3.05, 3.63) is 24.0 Å². The third-order valence-electron chi connectivity index (χ3n) is 4.61. The summed E-state index contributed by atoms with van der Waals surface area (Å²) < 4.78 is 18.7. The Kier molecular flexibility index (Phi) is 3.85. The molecule has 1 saturated heterocycles. The van der Waals surface area contributed by atoms with Crippen LogP contribution in [0, 0.1) is 17.2 Å². The Labute approximate surface area is 124 Å². The van der Waals surface area contributed by atoms with Crippen molar-refractivity contribution >= 4 is 11.6 Å². The third kappa shape index (κ3) is 2.88. The number of ether oxygens (including phenoxy) is 1. The number of benzene rings is 1. The number of carbonyl (C=O) groups excluding carboxylic acids is 1. The van der Waals surface area contributed by atoms with Gasteiger partial charge in [0.25, 0.3) is 0 Å². The molecule has 21 heavy (non-hydrogen) atoms. The van der Waals surface area contributed by atoms with Crippen LogP contribution >= 0.6 is 0 Å². The highest BCUT2D eigenvalue weighted by atomic mass is 19.1. The van der Waals surface area contributed by atoms with E-state index in [1.807, 2.05) is 6.92 Å². The van der Waals surface area contributed by atoms with Crippen LogP contribution in [-0.2, 0) is 4.79 Å². The number of hydrogen-bond donors (Lipinski definition) is 2. The van der Waals surface area contributed by atoms with E-state index < -0.39 is 0 Å². The van der Waals surface area contributed by atoms with Crippen LogP contribution in [0.25, 0.3) is 0 Å². The summed E-state index contributed by atoms with van der Waals surface area (Å²) in [6.07, 6.45) is 3.09. The molecular formula is C16H21FN2O2. The second kappa shape index (κ2) is 5.64. The molecule has 1 unspecified atom stereocenters. The Balaban J connectivity index is 1.68. The summed E-state index contributed by atoms with van der Waals surface area (Å²) >= 11 is 0. The summed E-state index contributed by atoms with van der Waals surface area (Å²) in [5.41, 5.74) is 0.750. The highest BCUT2D eigenvalue weighted by Gasteiger charge is 2.57. The van der Waals surface area contributed by atoms with Crippen LogP contribution in [0.1, 0.15) is 26.2 Å². The SMILES string of the molecule is CCOc1cc(F)ccc1NC(=O)C1CC12CCNCC2. The second-order valence-electron chi connectivity index (χ2n) is 5.93. The molecule has 1 aromatic carbocycles. The van der Waals surface area contributed by atoms with Crippen molar-refractivity contribution in [2.75, 3.05) is 25.0 Å². The van der Waals surface area contributed by atoms with Gasteiger partial charge in [-0.1, -0.05) is 0 Å². The number of nitrogens with one attached hydrogen (secondary N) is 2. The van der Waals surface area contributed by atoms with Gasteiger partial charge in [0.2, 0.25) is 5.91 Å². The van der Waals surface area contributed by atoms with Gasteiger partial charge >= 0.3 is 0 Å². The molecule has 1 aromatic rings. The fourth-order valence-corrected chi connectivity index (χ4v) is 3.29. The quantitative estimate of drug-likeness (QED) is 0.896. The highest BCUT2D eigenvalue weighted by molar-refractivity contribution is 5.96. The molecule has 1 saturated carbocycles. The average Bonchev–Trinajstić information content (AvgIpc) is 3.16. The van der Waals surface area contributed by atoms with E-state index in [1.54, 1.807) is 6.07 Å². The molecule has 1 aliphatic carbocycles. The van der Waals surface area contributed by atoms with Crippen LogP contribution in [0.2, 0.25) is 0 Å². The van der Waals surface area contributed by atoms with E-state index in [0.29, 0.717) is 18.0 Å². The predicted octanol–water partition coefficient (Wildman–Crippen LogP) is 2.55. The fourth-order valence-electron chi connectivity index (χ4n) is 3.29. The zero-order valence-electron chi connectivity index (χ0n) is 12.2. The van der Waals surface area contributed by atoms with Crippen molar-refractivity contribution in [2.45, 2.75) is 26.2 Å². The first-order valence-electron chi connectivity index (χ1n) is 7.58. The normalized spacial score (nSPS) is 22.9. The lowest BCUT2D eigenvalue weighted by molar-refractivity contribution is -0.118. The van der Waals surface area contributed by atoms with Gasteiger partial charge in [-0.3, -0.25) is 4.79 Å².